The van der Waals surface area contributed by atoms with Gasteiger partial charge in [0.15, 0.2) is 11.5 Å². The number of hydrogen-bond donors (Lipinski definition) is 3. The Kier molecular flexibility index (Phi) is 5.95. The number of aromatic hydroxyl groups is 2. The molecule has 0 aliphatic rings. The first-order chi connectivity index (χ1) is 6.43. The fraction of sp³-hybridized carbons (Fsp3) is 0.333. The first-order valence-electron chi connectivity index (χ1n) is 4.08. The van der Waals surface area contributed by atoms with E-state index in [9.17, 15) is 10.2 Å². The molecule has 1 aromatic rings. The average molecular weight is 361 g/mol. The molecule has 1 unspecified atom stereocenters. The maximum Gasteiger partial charge on any atom is 0.173 e. The molecule has 15 heavy (non-hydrogen) atoms. The molecule has 1 rings (SSSR count). The van der Waals surface area contributed by atoms with Crippen molar-refractivity contribution in [2.24, 2.45) is 5.73 Å². The molecule has 1 atom stereocenters. The van der Waals surface area contributed by atoms with Crippen molar-refractivity contribution in [2.75, 3.05) is 0 Å². The largest absolute Gasteiger partial charge is 0.504 e. The van der Waals surface area contributed by atoms with Crippen LogP contribution in [0.15, 0.2) is 15.0 Å². The van der Waals surface area contributed by atoms with E-state index >= 15 is 0 Å². The molecule has 0 spiro atoms. The Morgan fingerprint density at radius 1 is 1.33 bits per heavy atom. The maximum absolute atomic E-state index is 9.39. The predicted molar refractivity (Wildman–Crippen MR) is 69.8 cm³/mol. The van der Waals surface area contributed by atoms with Crippen LogP contribution in [-0.2, 0) is 6.42 Å². The van der Waals surface area contributed by atoms with Gasteiger partial charge >= 0.3 is 0 Å². The minimum Gasteiger partial charge on any atom is -0.504 e. The number of rotatable bonds is 2. The van der Waals surface area contributed by atoms with Crippen LogP contribution >= 0.6 is 44.3 Å². The summed E-state index contributed by atoms with van der Waals surface area (Å²) in [4.78, 5) is 0. The first-order valence-corrected chi connectivity index (χ1v) is 5.66. The first kappa shape index (κ1) is 15.0. The summed E-state index contributed by atoms with van der Waals surface area (Å²) < 4.78 is 1.18. The van der Waals surface area contributed by atoms with Crippen molar-refractivity contribution in [1.29, 1.82) is 0 Å². The molecule has 0 radical (unpaired) electrons. The van der Waals surface area contributed by atoms with Gasteiger partial charge in [0.25, 0.3) is 0 Å². The molecule has 6 heteroatoms. The van der Waals surface area contributed by atoms with Gasteiger partial charge in [0, 0.05) is 10.5 Å². The summed E-state index contributed by atoms with van der Waals surface area (Å²) in [5.74, 6) is -0.305. The summed E-state index contributed by atoms with van der Waals surface area (Å²) in [6.07, 6.45) is 0.632. The van der Waals surface area contributed by atoms with Crippen LogP contribution in [0.1, 0.15) is 12.5 Å². The van der Waals surface area contributed by atoms with Crippen molar-refractivity contribution >= 4 is 44.3 Å². The zero-order valence-electron chi connectivity index (χ0n) is 8.00. The van der Waals surface area contributed by atoms with Crippen molar-refractivity contribution in [3.63, 3.8) is 0 Å². The summed E-state index contributed by atoms with van der Waals surface area (Å²) in [7, 11) is 0. The van der Waals surface area contributed by atoms with Crippen LogP contribution in [0.5, 0.6) is 11.5 Å². The van der Waals surface area contributed by atoms with Crippen molar-refractivity contribution in [2.45, 2.75) is 19.4 Å². The average Bonchev–Trinajstić information content (AvgIpc) is 2.10. The number of hydrogen-bond acceptors (Lipinski definition) is 3. The molecule has 86 valence electrons. The quantitative estimate of drug-likeness (QED) is 0.710. The summed E-state index contributed by atoms with van der Waals surface area (Å²) >= 11 is 6.49. The van der Waals surface area contributed by atoms with Crippen LogP contribution in [0.4, 0.5) is 0 Å². The van der Waals surface area contributed by atoms with E-state index in [4.69, 9.17) is 5.73 Å². The van der Waals surface area contributed by atoms with Crippen LogP contribution in [0, 0.1) is 0 Å². The Balaban J connectivity index is 0.00000196. The zero-order valence-corrected chi connectivity index (χ0v) is 12.0. The van der Waals surface area contributed by atoms with Crippen LogP contribution in [-0.4, -0.2) is 16.3 Å². The summed E-state index contributed by atoms with van der Waals surface area (Å²) in [5, 5.41) is 18.8. The summed E-state index contributed by atoms with van der Waals surface area (Å²) in [6, 6.07) is 1.51. The normalized spacial score (nSPS) is 12.0. The lowest BCUT2D eigenvalue weighted by Gasteiger charge is -2.11. The minimum atomic E-state index is -0.162. The predicted octanol–water partition coefficient (Wildman–Crippen LogP) is 2.93. The lowest BCUT2D eigenvalue weighted by molar-refractivity contribution is 0.400. The summed E-state index contributed by atoms with van der Waals surface area (Å²) in [6.45, 7) is 1.88. The van der Waals surface area contributed by atoms with Gasteiger partial charge in [-0.3, -0.25) is 0 Å². The Morgan fingerprint density at radius 3 is 2.33 bits per heavy atom. The fourth-order valence-electron chi connectivity index (χ4n) is 1.15. The van der Waals surface area contributed by atoms with Crippen LogP contribution < -0.4 is 5.73 Å². The van der Waals surface area contributed by atoms with Crippen LogP contribution in [0.3, 0.4) is 0 Å². The molecule has 0 heterocycles. The number of phenols is 2. The van der Waals surface area contributed by atoms with Crippen molar-refractivity contribution in [1.82, 2.24) is 0 Å². The van der Waals surface area contributed by atoms with E-state index in [1.54, 1.807) is 0 Å². The number of nitrogens with two attached hydrogens (primary N) is 1. The van der Waals surface area contributed by atoms with E-state index in [0.717, 1.165) is 10.0 Å². The fourth-order valence-corrected chi connectivity index (χ4v) is 2.07. The van der Waals surface area contributed by atoms with Gasteiger partial charge < -0.3 is 15.9 Å². The van der Waals surface area contributed by atoms with E-state index in [-0.39, 0.29) is 29.9 Å². The van der Waals surface area contributed by atoms with E-state index in [1.165, 1.54) is 6.07 Å². The van der Waals surface area contributed by atoms with Crippen molar-refractivity contribution in [3.8, 4) is 11.5 Å². The standard InChI is InChI=1S/C9H11Br2NO2.ClH/c1-4(12)2-5-3-6(13)9(14)8(11)7(5)10;/h3-4,13-14H,2,12H2,1H3;1H. The third-order valence-electron chi connectivity index (χ3n) is 1.78. The van der Waals surface area contributed by atoms with Gasteiger partial charge in [-0.25, -0.2) is 0 Å². The molecule has 0 fully saturated rings. The number of benzene rings is 1. The molecule has 3 nitrogen and oxygen atoms in total. The van der Waals surface area contributed by atoms with Gasteiger partial charge in [0.2, 0.25) is 0 Å². The molecule has 0 saturated carbocycles. The monoisotopic (exact) mass is 359 g/mol. The zero-order chi connectivity index (χ0) is 10.9. The van der Waals surface area contributed by atoms with Gasteiger partial charge in [0.1, 0.15) is 0 Å². The highest BCUT2D eigenvalue weighted by atomic mass is 79.9. The summed E-state index contributed by atoms with van der Waals surface area (Å²) in [5.41, 5.74) is 6.51. The lowest BCUT2D eigenvalue weighted by Crippen LogP contribution is -2.18. The number of halogens is 3. The second-order valence-corrected chi connectivity index (χ2v) is 4.80. The second kappa shape index (κ2) is 5.94. The van der Waals surface area contributed by atoms with Gasteiger partial charge in [-0.1, -0.05) is 0 Å². The molecule has 0 aliphatic heterocycles. The Labute approximate surface area is 111 Å². The van der Waals surface area contributed by atoms with Crippen LogP contribution in [0.2, 0.25) is 0 Å². The van der Waals surface area contributed by atoms with Gasteiger partial charge in [-0.2, -0.15) is 0 Å². The Bertz CT molecular complexity index is 358. The van der Waals surface area contributed by atoms with E-state index < -0.39 is 0 Å². The molecule has 0 aromatic heterocycles. The van der Waals surface area contributed by atoms with Crippen LogP contribution in [0.25, 0.3) is 0 Å². The topological polar surface area (TPSA) is 66.5 Å². The molecule has 0 aliphatic carbocycles. The minimum absolute atomic E-state index is 0. The smallest absolute Gasteiger partial charge is 0.173 e. The SMILES string of the molecule is CC(N)Cc1cc(O)c(O)c(Br)c1Br.Cl. The molecule has 0 amide bonds. The Morgan fingerprint density at radius 2 is 1.87 bits per heavy atom. The molecule has 4 N–H and O–H groups in total. The second-order valence-electron chi connectivity index (χ2n) is 3.21. The van der Waals surface area contributed by atoms with E-state index in [2.05, 4.69) is 31.9 Å². The highest BCUT2D eigenvalue weighted by molar-refractivity contribution is 9.13. The maximum atomic E-state index is 9.39. The van der Waals surface area contributed by atoms with Crippen molar-refractivity contribution < 1.29 is 10.2 Å². The molecule has 0 saturated heterocycles. The highest BCUT2D eigenvalue weighted by Crippen LogP contribution is 2.41. The van der Waals surface area contributed by atoms with Gasteiger partial charge in [0.05, 0.1) is 4.47 Å². The molecule has 1 aromatic carbocycles. The van der Waals surface area contributed by atoms with Crippen molar-refractivity contribution in [3.05, 3.63) is 20.6 Å². The molecular weight excluding hydrogens is 349 g/mol. The van der Waals surface area contributed by atoms with E-state index in [1.807, 2.05) is 6.92 Å². The third-order valence-corrected chi connectivity index (χ3v) is 3.99. The molecular formula is C9H12Br2ClNO2. The number of phenolic OH excluding ortho intramolecular Hbond substituents is 2. The third kappa shape index (κ3) is 3.52. The van der Waals surface area contributed by atoms with Gasteiger partial charge in [-0.15, -0.1) is 12.4 Å². The van der Waals surface area contributed by atoms with E-state index in [0.29, 0.717) is 10.9 Å². The highest BCUT2D eigenvalue weighted by Gasteiger charge is 2.14. The molecule has 0 bridgehead atoms. The van der Waals surface area contributed by atoms with Gasteiger partial charge in [-0.05, 0) is 56.8 Å². The Hall–Kier alpha value is 0.0300. The lowest BCUT2D eigenvalue weighted by atomic mass is 10.1.